The van der Waals surface area contributed by atoms with Crippen LogP contribution in [0.4, 0.5) is 4.39 Å². The molecule has 1 aromatic carbocycles. The number of aryl methyl sites for hydroxylation is 1. The largest absolute Gasteiger partial charge is 0.467 e. The molecule has 0 aliphatic heterocycles. The molecule has 0 aliphatic rings. The Morgan fingerprint density at radius 3 is 2.18 bits per heavy atom. The quantitative estimate of drug-likeness (QED) is 0.445. The van der Waals surface area contributed by atoms with Gasteiger partial charge in [0.25, 0.3) is 5.91 Å². The summed E-state index contributed by atoms with van der Waals surface area (Å²) < 4.78 is 24.0. The first kappa shape index (κ1) is 18.2. The van der Waals surface area contributed by atoms with E-state index < -0.39 is 0 Å². The molecule has 3 heterocycles. The van der Waals surface area contributed by atoms with Gasteiger partial charge in [0, 0.05) is 5.56 Å². The molecule has 1 amide bonds. The van der Waals surface area contributed by atoms with Crippen LogP contribution in [0.5, 0.6) is 0 Å². The fourth-order valence-electron chi connectivity index (χ4n) is 2.84. The molecule has 3 aromatic heterocycles. The van der Waals surface area contributed by atoms with E-state index in [0.29, 0.717) is 40.2 Å². The number of carbonyl (C=O) groups excluding carboxylic acids is 1. The van der Waals surface area contributed by atoms with Crippen molar-refractivity contribution in [3.63, 3.8) is 0 Å². The second-order valence-corrected chi connectivity index (χ2v) is 7.26. The Kier molecular flexibility index (Phi) is 5.08. The number of thiazole rings is 1. The molecule has 142 valence electrons. The van der Waals surface area contributed by atoms with Crippen LogP contribution in [0.1, 0.15) is 26.9 Å². The number of hydrogen-bond acceptors (Lipinski definition) is 5. The number of benzene rings is 1. The van der Waals surface area contributed by atoms with Gasteiger partial charge in [-0.2, -0.15) is 0 Å². The average Bonchev–Trinajstić information content (AvgIpc) is 3.44. The lowest BCUT2D eigenvalue weighted by atomic mass is 10.2. The van der Waals surface area contributed by atoms with Crippen molar-refractivity contribution in [3.05, 3.63) is 89.0 Å². The lowest BCUT2D eigenvalue weighted by Gasteiger charge is -2.20. The van der Waals surface area contributed by atoms with Crippen molar-refractivity contribution in [1.82, 2.24) is 9.88 Å². The summed E-state index contributed by atoms with van der Waals surface area (Å²) in [5, 5.41) is 0.678. The normalized spacial score (nSPS) is 10.9. The first-order chi connectivity index (χ1) is 13.6. The van der Waals surface area contributed by atoms with Crippen LogP contribution in [0.15, 0.2) is 69.9 Å². The molecule has 0 radical (unpaired) electrons. The summed E-state index contributed by atoms with van der Waals surface area (Å²) in [5.41, 5.74) is 1.41. The number of rotatable bonds is 6. The number of amides is 1. The minimum atomic E-state index is -0.309. The summed E-state index contributed by atoms with van der Waals surface area (Å²) in [6.07, 6.45) is 3.16. The standard InChI is InChI=1S/C21H17FN2O3S/c1-14-19(28-20(23-14)15-6-8-16(22)9-7-15)21(25)24(12-17-4-2-10-26-17)13-18-5-3-11-27-18/h2-11H,12-13H2,1H3. The second kappa shape index (κ2) is 7.82. The van der Waals surface area contributed by atoms with E-state index in [9.17, 15) is 9.18 Å². The zero-order valence-corrected chi connectivity index (χ0v) is 15.9. The third-order valence-corrected chi connectivity index (χ3v) is 5.42. The fourth-order valence-corrected chi connectivity index (χ4v) is 3.87. The van der Waals surface area contributed by atoms with E-state index >= 15 is 0 Å². The number of nitrogens with zero attached hydrogens (tertiary/aromatic N) is 2. The molecule has 4 aromatic rings. The molecule has 7 heteroatoms. The predicted molar refractivity (Wildman–Crippen MR) is 103 cm³/mol. The zero-order chi connectivity index (χ0) is 19.5. The molecule has 0 unspecified atom stereocenters. The van der Waals surface area contributed by atoms with E-state index in [2.05, 4.69) is 4.98 Å². The predicted octanol–water partition coefficient (Wildman–Crippen LogP) is 5.29. The third kappa shape index (κ3) is 3.89. The summed E-state index contributed by atoms with van der Waals surface area (Å²) in [5.74, 6) is 0.897. The Labute approximate surface area is 165 Å². The summed E-state index contributed by atoms with van der Waals surface area (Å²) >= 11 is 1.29. The molecular formula is C21H17FN2O3S. The van der Waals surface area contributed by atoms with Gasteiger partial charge in [-0.25, -0.2) is 9.37 Å². The maximum atomic E-state index is 13.3. The highest BCUT2D eigenvalue weighted by Crippen LogP contribution is 2.29. The van der Waals surface area contributed by atoms with Gasteiger partial charge in [0.2, 0.25) is 0 Å². The van der Waals surface area contributed by atoms with Crippen molar-refractivity contribution in [2.45, 2.75) is 20.0 Å². The van der Waals surface area contributed by atoms with E-state index in [1.54, 1.807) is 48.6 Å². The van der Waals surface area contributed by atoms with Gasteiger partial charge in [-0.1, -0.05) is 0 Å². The monoisotopic (exact) mass is 396 g/mol. The maximum absolute atomic E-state index is 13.3. The molecule has 0 saturated heterocycles. The Balaban J connectivity index is 1.63. The van der Waals surface area contributed by atoms with Crippen LogP contribution in [0.2, 0.25) is 0 Å². The highest BCUT2D eigenvalue weighted by Gasteiger charge is 2.24. The number of furan rings is 2. The van der Waals surface area contributed by atoms with Crippen molar-refractivity contribution in [2.75, 3.05) is 0 Å². The van der Waals surface area contributed by atoms with Crippen molar-refractivity contribution in [1.29, 1.82) is 0 Å². The van der Waals surface area contributed by atoms with Crippen molar-refractivity contribution < 1.29 is 18.0 Å². The summed E-state index contributed by atoms with van der Waals surface area (Å²) in [6, 6.07) is 13.3. The van der Waals surface area contributed by atoms with Crippen LogP contribution in [0.3, 0.4) is 0 Å². The molecular weight excluding hydrogens is 379 g/mol. The Hall–Kier alpha value is -3.19. The van der Waals surface area contributed by atoms with Crippen molar-refractivity contribution in [3.8, 4) is 10.6 Å². The summed E-state index contributed by atoms with van der Waals surface area (Å²) in [6.45, 7) is 2.43. The lowest BCUT2D eigenvalue weighted by Crippen LogP contribution is -2.29. The van der Waals surface area contributed by atoms with Gasteiger partial charge in [0.15, 0.2) is 0 Å². The van der Waals surface area contributed by atoms with Gasteiger partial charge in [-0.3, -0.25) is 4.79 Å². The minimum absolute atomic E-state index is 0.156. The van der Waals surface area contributed by atoms with E-state index in [1.165, 1.54) is 23.5 Å². The Bertz CT molecular complexity index is 1020. The number of hydrogen-bond donors (Lipinski definition) is 0. The van der Waals surface area contributed by atoms with E-state index in [1.807, 2.05) is 12.1 Å². The Morgan fingerprint density at radius 1 is 1.04 bits per heavy atom. The van der Waals surface area contributed by atoms with Crippen molar-refractivity contribution >= 4 is 17.2 Å². The number of halogens is 1. The van der Waals surface area contributed by atoms with Gasteiger partial charge in [-0.15, -0.1) is 11.3 Å². The molecule has 0 atom stereocenters. The first-order valence-corrected chi connectivity index (χ1v) is 9.49. The van der Waals surface area contributed by atoms with Gasteiger partial charge in [0.1, 0.15) is 27.2 Å². The van der Waals surface area contributed by atoms with Crippen LogP contribution < -0.4 is 0 Å². The lowest BCUT2D eigenvalue weighted by molar-refractivity contribution is 0.0709. The second-order valence-electron chi connectivity index (χ2n) is 6.26. The smallest absolute Gasteiger partial charge is 0.266 e. The number of carbonyl (C=O) groups is 1. The number of aromatic nitrogens is 1. The maximum Gasteiger partial charge on any atom is 0.266 e. The molecule has 0 saturated carbocycles. The molecule has 0 N–H and O–H groups in total. The van der Waals surface area contributed by atoms with Crippen LogP contribution in [0.25, 0.3) is 10.6 Å². The average molecular weight is 396 g/mol. The highest BCUT2D eigenvalue weighted by atomic mass is 32.1. The molecule has 0 bridgehead atoms. The molecule has 0 aliphatic carbocycles. The van der Waals surface area contributed by atoms with Gasteiger partial charge in [-0.05, 0) is 55.5 Å². The highest BCUT2D eigenvalue weighted by molar-refractivity contribution is 7.17. The molecule has 5 nitrogen and oxygen atoms in total. The topological polar surface area (TPSA) is 59.5 Å². The summed E-state index contributed by atoms with van der Waals surface area (Å²) in [7, 11) is 0. The molecule has 4 rings (SSSR count). The van der Waals surface area contributed by atoms with Gasteiger partial charge < -0.3 is 13.7 Å². The van der Waals surface area contributed by atoms with Crippen LogP contribution in [-0.4, -0.2) is 15.8 Å². The summed E-state index contributed by atoms with van der Waals surface area (Å²) in [4.78, 5) is 20.0. The Morgan fingerprint density at radius 2 is 1.64 bits per heavy atom. The SMILES string of the molecule is Cc1nc(-c2ccc(F)cc2)sc1C(=O)N(Cc1ccco1)Cc1ccco1. The van der Waals surface area contributed by atoms with Crippen molar-refractivity contribution in [2.24, 2.45) is 0 Å². The van der Waals surface area contributed by atoms with Gasteiger partial charge >= 0.3 is 0 Å². The molecule has 28 heavy (non-hydrogen) atoms. The fraction of sp³-hybridized carbons (Fsp3) is 0.143. The third-order valence-electron chi connectivity index (χ3n) is 4.22. The van der Waals surface area contributed by atoms with E-state index in [0.717, 1.165) is 5.56 Å². The van der Waals surface area contributed by atoms with Crippen LogP contribution >= 0.6 is 11.3 Å². The van der Waals surface area contributed by atoms with Crippen LogP contribution in [0, 0.1) is 12.7 Å². The van der Waals surface area contributed by atoms with E-state index in [4.69, 9.17) is 8.83 Å². The van der Waals surface area contributed by atoms with E-state index in [-0.39, 0.29) is 11.7 Å². The van der Waals surface area contributed by atoms with Gasteiger partial charge in [0.05, 0.1) is 31.3 Å². The first-order valence-electron chi connectivity index (χ1n) is 8.67. The zero-order valence-electron chi connectivity index (χ0n) is 15.1. The van der Waals surface area contributed by atoms with Crippen LogP contribution in [-0.2, 0) is 13.1 Å². The molecule has 0 spiro atoms. The minimum Gasteiger partial charge on any atom is -0.467 e. The molecule has 0 fully saturated rings.